The van der Waals surface area contributed by atoms with Crippen LogP contribution in [0.15, 0.2) is 60.8 Å². The van der Waals surface area contributed by atoms with Gasteiger partial charge in [0.05, 0.1) is 32.0 Å². The number of carbonyl (C=O) groups is 1. The minimum Gasteiger partial charge on any atom is -0.394 e. The zero-order valence-corrected chi connectivity index (χ0v) is 38.3. The van der Waals surface area contributed by atoms with Crippen LogP contribution in [0.2, 0.25) is 0 Å². The van der Waals surface area contributed by atoms with Gasteiger partial charge >= 0.3 is 0 Å². The molecule has 2 fully saturated rings. The lowest BCUT2D eigenvalue weighted by molar-refractivity contribution is -0.359. The molecule has 2 aliphatic heterocycles. The highest BCUT2D eigenvalue weighted by Crippen LogP contribution is 2.30. The average Bonchev–Trinajstić information content (AvgIpc) is 3.28. The first-order valence-electron chi connectivity index (χ1n) is 24.0. The van der Waals surface area contributed by atoms with E-state index in [4.69, 9.17) is 18.9 Å². The fraction of sp³-hybridized carbons (Fsp3) is 0.776. The first-order valence-corrected chi connectivity index (χ1v) is 24.0. The van der Waals surface area contributed by atoms with Crippen LogP contribution in [0, 0.1) is 0 Å². The summed E-state index contributed by atoms with van der Waals surface area (Å²) in [4.78, 5) is 13.0. The number of nitrogens with one attached hydrogen (secondary N) is 1. The van der Waals surface area contributed by atoms with Gasteiger partial charge in [-0.2, -0.15) is 0 Å². The first-order chi connectivity index (χ1) is 30.6. The van der Waals surface area contributed by atoms with Crippen molar-refractivity contribution in [2.75, 3.05) is 19.8 Å². The standard InChI is InChI=1S/C49H85NO13/c1-3-5-7-9-10-11-12-13-14-15-16-17-18-19-20-21-22-23-24-25-26-27-28-29-31-33-41(54)50-37(38(53)32-30-8-6-4-2)36-60-48-46(59)44(57)47(40(35-52)62-48)63-49-45(58)43(56)42(55)39(34-51)61-49/h5,7,10-11,13-14,16-17,19-20,37-40,42-49,51-53,55-59H,3-4,6,8-9,12,15,18,21-36H2,1-2H3,(H,50,54)/b7-5-,11-10-,14-13-,17-16-,20-19-. The topological polar surface area (TPSA) is 228 Å². The fourth-order valence-corrected chi connectivity index (χ4v) is 7.55. The van der Waals surface area contributed by atoms with Gasteiger partial charge in [-0.1, -0.05) is 145 Å². The molecule has 2 heterocycles. The molecule has 0 saturated carbocycles. The predicted molar refractivity (Wildman–Crippen MR) is 244 cm³/mol. The summed E-state index contributed by atoms with van der Waals surface area (Å²) in [5.41, 5.74) is 0. The lowest BCUT2D eigenvalue weighted by Crippen LogP contribution is -2.65. The lowest BCUT2D eigenvalue weighted by atomic mass is 9.97. The third-order valence-electron chi connectivity index (χ3n) is 11.5. The van der Waals surface area contributed by atoms with Gasteiger partial charge in [-0.05, 0) is 57.8 Å². The normalized spacial score (nSPS) is 28.0. The Kier molecular flexibility index (Phi) is 32.4. The van der Waals surface area contributed by atoms with E-state index in [0.717, 1.165) is 83.5 Å². The van der Waals surface area contributed by atoms with Crippen molar-refractivity contribution in [2.45, 2.75) is 222 Å². The summed E-state index contributed by atoms with van der Waals surface area (Å²) in [5.74, 6) is -0.227. The number of hydrogen-bond acceptors (Lipinski definition) is 13. The molecule has 0 aromatic rings. The number of ether oxygens (including phenoxy) is 4. The summed E-state index contributed by atoms with van der Waals surface area (Å²) in [6.07, 6.45) is 26.0. The Morgan fingerprint density at radius 3 is 1.67 bits per heavy atom. The lowest BCUT2D eigenvalue weighted by Gasteiger charge is -2.46. The summed E-state index contributed by atoms with van der Waals surface area (Å²) in [6, 6.07) is -0.830. The Morgan fingerprint density at radius 2 is 1.10 bits per heavy atom. The number of carbonyl (C=O) groups excluding carboxylic acids is 1. The quantitative estimate of drug-likeness (QED) is 0.0284. The minimum atomic E-state index is -1.78. The summed E-state index contributed by atoms with van der Waals surface area (Å²) < 4.78 is 22.5. The van der Waals surface area contributed by atoms with E-state index in [1.807, 2.05) is 0 Å². The first kappa shape index (κ1) is 56.8. The van der Waals surface area contributed by atoms with Gasteiger partial charge in [0.1, 0.15) is 48.8 Å². The van der Waals surface area contributed by atoms with Crippen molar-refractivity contribution in [3.8, 4) is 0 Å². The number of hydrogen-bond donors (Lipinski definition) is 9. The van der Waals surface area contributed by atoms with Crippen LogP contribution in [0.25, 0.3) is 0 Å². The summed E-state index contributed by atoms with van der Waals surface area (Å²) in [6.45, 7) is 2.57. The van der Waals surface area contributed by atoms with Crippen molar-refractivity contribution >= 4 is 5.91 Å². The van der Waals surface area contributed by atoms with E-state index in [1.165, 1.54) is 32.1 Å². The molecule has 12 atom stereocenters. The number of aliphatic hydroxyl groups excluding tert-OH is 8. The van der Waals surface area contributed by atoms with E-state index in [-0.39, 0.29) is 12.5 Å². The van der Waals surface area contributed by atoms with E-state index in [9.17, 15) is 45.6 Å². The Bertz CT molecular complexity index is 1290. The Hall–Kier alpha value is -2.31. The molecule has 0 spiro atoms. The number of unbranched alkanes of at least 4 members (excludes halogenated alkanes) is 12. The van der Waals surface area contributed by atoms with Crippen LogP contribution in [0.5, 0.6) is 0 Å². The maximum absolute atomic E-state index is 13.0. The highest BCUT2D eigenvalue weighted by Gasteiger charge is 2.51. The summed E-state index contributed by atoms with van der Waals surface area (Å²) in [7, 11) is 0. The molecule has 14 nitrogen and oxygen atoms in total. The molecule has 0 aromatic carbocycles. The average molecular weight is 896 g/mol. The monoisotopic (exact) mass is 896 g/mol. The number of aliphatic hydroxyl groups is 8. The summed E-state index contributed by atoms with van der Waals surface area (Å²) >= 11 is 0. The van der Waals surface area contributed by atoms with Gasteiger partial charge in [0.2, 0.25) is 5.91 Å². The van der Waals surface area contributed by atoms with Gasteiger partial charge in [0.25, 0.3) is 0 Å². The van der Waals surface area contributed by atoms with Crippen molar-refractivity contribution in [3.63, 3.8) is 0 Å². The predicted octanol–water partition coefficient (Wildman–Crippen LogP) is 5.49. The molecule has 14 heteroatoms. The number of allylic oxidation sites excluding steroid dienone is 10. The van der Waals surface area contributed by atoms with Crippen molar-refractivity contribution in [1.29, 1.82) is 0 Å². The van der Waals surface area contributed by atoms with Gasteiger partial charge in [-0.25, -0.2) is 0 Å². The van der Waals surface area contributed by atoms with Gasteiger partial charge in [-0.15, -0.1) is 0 Å². The van der Waals surface area contributed by atoms with E-state index >= 15 is 0 Å². The second-order valence-electron chi connectivity index (χ2n) is 16.9. The molecule has 9 N–H and O–H groups in total. The van der Waals surface area contributed by atoms with Gasteiger partial charge < -0.3 is 65.1 Å². The SMILES string of the molecule is CC/C=C\C/C=C\C/C=C\C/C=C\C/C=C\CCCCCCCCCCCC(=O)NC(COC1OC(CO)C(OC2OC(CO)C(O)C(O)C2O)C(O)C1O)C(O)CCCCCC. The number of amides is 1. The molecule has 0 bridgehead atoms. The highest BCUT2D eigenvalue weighted by atomic mass is 16.7. The van der Waals surface area contributed by atoms with Crippen LogP contribution in [0.4, 0.5) is 0 Å². The number of rotatable bonds is 35. The molecule has 2 aliphatic rings. The van der Waals surface area contributed by atoms with E-state index in [2.05, 4.69) is 79.9 Å². The molecule has 0 radical (unpaired) electrons. The minimum absolute atomic E-state index is 0.227. The van der Waals surface area contributed by atoms with Crippen LogP contribution in [-0.2, 0) is 23.7 Å². The Labute approximate surface area is 377 Å². The van der Waals surface area contributed by atoms with E-state index < -0.39 is 86.8 Å². The molecule has 12 unspecified atom stereocenters. The van der Waals surface area contributed by atoms with Crippen LogP contribution < -0.4 is 5.32 Å². The maximum Gasteiger partial charge on any atom is 0.220 e. The molecule has 2 rings (SSSR count). The molecule has 0 aliphatic carbocycles. The highest BCUT2D eigenvalue weighted by molar-refractivity contribution is 5.76. The largest absolute Gasteiger partial charge is 0.394 e. The van der Waals surface area contributed by atoms with Gasteiger partial charge in [-0.3, -0.25) is 4.79 Å². The zero-order valence-electron chi connectivity index (χ0n) is 38.3. The molecule has 63 heavy (non-hydrogen) atoms. The summed E-state index contributed by atoms with van der Waals surface area (Å²) in [5, 5.41) is 86.1. The van der Waals surface area contributed by atoms with Crippen LogP contribution in [0.1, 0.15) is 149 Å². The molecule has 2 saturated heterocycles. The molecule has 0 aromatic heterocycles. The van der Waals surface area contributed by atoms with Crippen molar-refractivity contribution in [2.24, 2.45) is 0 Å². The molecule has 364 valence electrons. The maximum atomic E-state index is 13.0. The Balaban J connectivity index is 1.67. The van der Waals surface area contributed by atoms with Crippen molar-refractivity contribution in [3.05, 3.63) is 60.8 Å². The molecular formula is C49H85NO13. The third-order valence-corrected chi connectivity index (χ3v) is 11.5. The van der Waals surface area contributed by atoms with Gasteiger partial charge in [0, 0.05) is 6.42 Å². The zero-order chi connectivity index (χ0) is 46.1. The molecule has 1 amide bonds. The van der Waals surface area contributed by atoms with Crippen LogP contribution >= 0.6 is 0 Å². The van der Waals surface area contributed by atoms with E-state index in [1.54, 1.807) is 0 Å². The fourth-order valence-electron chi connectivity index (χ4n) is 7.55. The third kappa shape index (κ3) is 23.6. The smallest absolute Gasteiger partial charge is 0.220 e. The Morgan fingerprint density at radius 1 is 0.587 bits per heavy atom. The van der Waals surface area contributed by atoms with Crippen molar-refractivity contribution in [1.82, 2.24) is 5.32 Å². The van der Waals surface area contributed by atoms with Crippen LogP contribution in [0.3, 0.4) is 0 Å². The molecular weight excluding hydrogens is 811 g/mol. The van der Waals surface area contributed by atoms with E-state index in [0.29, 0.717) is 19.3 Å². The van der Waals surface area contributed by atoms with Crippen molar-refractivity contribution < 1.29 is 64.6 Å². The van der Waals surface area contributed by atoms with Crippen LogP contribution in [-0.4, -0.2) is 140 Å². The van der Waals surface area contributed by atoms with Gasteiger partial charge in [0.15, 0.2) is 12.6 Å². The second kappa shape index (κ2) is 35.9. The second-order valence-corrected chi connectivity index (χ2v) is 16.9.